The van der Waals surface area contributed by atoms with Gasteiger partial charge in [-0.2, -0.15) is 0 Å². The van der Waals surface area contributed by atoms with Gasteiger partial charge in [-0.1, -0.05) is 54.6 Å². The van der Waals surface area contributed by atoms with Crippen LogP contribution in [0.4, 0.5) is 9.18 Å². The Balaban J connectivity index is 1.17. The van der Waals surface area contributed by atoms with E-state index in [1.165, 1.54) is 35.4 Å². The minimum absolute atomic E-state index is 0.00877. The van der Waals surface area contributed by atoms with Crippen LogP contribution < -0.4 is 4.74 Å². The van der Waals surface area contributed by atoms with E-state index in [2.05, 4.69) is 24.3 Å². The number of hydrogen-bond acceptors (Lipinski definition) is 4. The lowest BCUT2D eigenvalue weighted by Crippen LogP contribution is -2.43. The summed E-state index contributed by atoms with van der Waals surface area (Å²) in [6.45, 7) is 0.373. The first kappa shape index (κ1) is 22.8. The third-order valence-corrected chi connectivity index (χ3v) is 7.57. The summed E-state index contributed by atoms with van der Waals surface area (Å²) < 4.78 is 31.0. The molecule has 6 rings (SSSR count). The Morgan fingerprint density at radius 3 is 2.36 bits per heavy atom. The molecule has 2 unspecified atom stereocenters. The highest BCUT2D eigenvalue weighted by Gasteiger charge is 2.41. The molecule has 1 saturated heterocycles. The largest absolute Gasteiger partial charge is 0.467 e. The second kappa shape index (κ2) is 9.43. The van der Waals surface area contributed by atoms with E-state index >= 15 is 0 Å². The lowest BCUT2D eigenvalue weighted by Gasteiger charge is -2.33. The molecule has 1 fully saturated rings. The van der Waals surface area contributed by atoms with Crippen LogP contribution in [0.3, 0.4) is 0 Å². The molecule has 0 spiro atoms. The van der Waals surface area contributed by atoms with Gasteiger partial charge in [-0.15, -0.1) is 0 Å². The summed E-state index contributed by atoms with van der Waals surface area (Å²) in [7, 11) is 1.52. The van der Waals surface area contributed by atoms with E-state index < -0.39 is 0 Å². The number of carbonyl (C=O) groups is 1. The van der Waals surface area contributed by atoms with Gasteiger partial charge in [0.1, 0.15) is 18.2 Å². The first-order valence-corrected chi connectivity index (χ1v) is 12.4. The summed E-state index contributed by atoms with van der Waals surface area (Å²) in [6.07, 6.45) is 4.08. The lowest BCUT2D eigenvalue weighted by atomic mass is 9.94. The van der Waals surface area contributed by atoms with Crippen molar-refractivity contribution in [1.29, 1.82) is 0 Å². The predicted molar refractivity (Wildman–Crippen MR) is 135 cm³/mol. The number of hydrogen-bond donors (Lipinski definition) is 0. The zero-order chi connectivity index (χ0) is 24.6. The van der Waals surface area contributed by atoms with Crippen molar-refractivity contribution in [2.45, 2.75) is 37.3 Å². The summed E-state index contributed by atoms with van der Waals surface area (Å²) in [4.78, 5) is 15.1. The zero-order valence-electron chi connectivity index (χ0n) is 20.2. The van der Waals surface area contributed by atoms with Crippen molar-refractivity contribution in [1.82, 2.24) is 4.90 Å². The molecule has 0 N–H and O–H groups in total. The minimum atomic E-state index is -0.330. The fraction of sp³-hybridized carbons (Fsp3) is 0.300. The van der Waals surface area contributed by atoms with E-state index in [4.69, 9.17) is 14.2 Å². The highest BCUT2D eigenvalue weighted by molar-refractivity contribution is 5.79. The van der Waals surface area contributed by atoms with Crippen LogP contribution >= 0.6 is 0 Å². The SMILES string of the molecule is COCOc1ccc(C2=CC3CCC(C2)N3C(=O)OCC2c3ccccc3-c3ccccc32)c(F)c1. The van der Waals surface area contributed by atoms with Crippen molar-refractivity contribution in [3.8, 4) is 16.9 Å². The number of methoxy groups -OCH3 is 1. The lowest BCUT2D eigenvalue weighted by molar-refractivity contribution is 0.0509. The van der Waals surface area contributed by atoms with Gasteiger partial charge in [0.15, 0.2) is 6.79 Å². The number of nitrogens with zero attached hydrogens (tertiary/aromatic N) is 1. The average Bonchev–Trinajstić information content (AvgIpc) is 3.36. The molecule has 0 saturated carbocycles. The van der Waals surface area contributed by atoms with Gasteiger partial charge in [0.05, 0.1) is 6.04 Å². The van der Waals surface area contributed by atoms with Gasteiger partial charge < -0.3 is 14.2 Å². The summed E-state index contributed by atoms with van der Waals surface area (Å²) in [5, 5.41) is 0. The van der Waals surface area contributed by atoms with Gasteiger partial charge in [-0.3, -0.25) is 4.90 Å². The minimum Gasteiger partial charge on any atom is -0.467 e. The van der Waals surface area contributed by atoms with Gasteiger partial charge in [-0.05, 0) is 59.2 Å². The van der Waals surface area contributed by atoms with Gasteiger partial charge in [-0.25, -0.2) is 9.18 Å². The first-order chi connectivity index (χ1) is 17.6. The zero-order valence-corrected chi connectivity index (χ0v) is 20.2. The van der Waals surface area contributed by atoms with Gasteiger partial charge in [0, 0.05) is 30.7 Å². The molecular weight excluding hydrogens is 457 g/mol. The molecule has 0 aromatic heterocycles. The van der Waals surface area contributed by atoms with Crippen molar-refractivity contribution in [2.75, 3.05) is 20.5 Å². The average molecular weight is 486 g/mol. The maximum atomic E-state index is 14.9. The molecule has 1 aliphatic carbocycles. The molecule has 1 amide bonds. The number of amides is 1. The summed E-state index contributed by atoms with van der Waals surface area (Å²) in [6, 6.07) is 21.4. The summed E-state index contributed by atoms with van der Waals surface area (Å²) >= 11 is 0. The molecule has 36 heavy (non-hydrogen) atoms. The van der Waals surface area contributed by atoms with Crippen LogP contribution in [0.1, 0.15) is 41.9 Å². The van der Waals surface area contributed by atoms with E-state index in [9.17, 15) is 9.18 Å². The predicted octanol–water partition coefficient (Wildman–Crippen LogP) is 6.38. The fourth-order valence-electron chi connectivity index (χ4n) is 5.96. The molecule has 2 bridgehead atoms. The Morgan fingerprint density at radius 2 is 1.69 bits per heavy atom. The maximum absolute atomic E-state index is 14.9. The molecule has 3 aliphatic rings. The Hall–Kier alpha value is -3.64. The molecule has 3 aromatic carbocycles. The normalized spacial score (nSPS) is 20.1. The van der Waals surface area contributed by atoms with E-state index in [-0.39, 0.29) is 36.7 Å². The van der Waals surface area contributed by atoms with E-state index in [1.54, 1.807) is 12.1 Å². The van der Waals surface area contributed by atoms with E-state index in [0.29, 0.717) is 24.3 Å². The number of ether oxygens (including phenoxy) is 3. The van der Waals surface area contributed by atoms with Gasteiger partial charge in [0.2, 0.25) is 0 Å². The van der Waals surface area contributed by atoms with Crippen molar-refractivity contribution in [2.24, 2.45) is 0 Å². The molecule has 0 radical (unpaired) electrons. The highest BCUT2D eigenvalue weighted by atomic mass is 19.1. The van der Waals surface area contributed by atoms with Crippen molar-refractivity contribution in [3.05, 3.63) is 95.3 Å². The van der Waals surface area contributed by atoms with Crippen molar-refractivity contribution in [3.63, 3.8) is 0 Å². The molecule has 3 aromatic rings. The van der Waals surface area contributed by atoms with Crippen LogP contribution in [0.5, 0.6) is 5.75 Å². The Morgan fingerprint density at radius 1 is 0.972 bits per heavy atom. The molecule has 6 heteroatoms. The summed E-state index contributed by atoms with van der Waals surface area (Å²) in [5.41, 5.74) is 6.30. The number of fused-ring (bicyclic) bond motifs is 5. The third-order valence-electron chi connectivity index (χ3n) is 7.57. The third kappa shape index (κ3) is 3.95. The smallest absolute Gasteiger partial charge is 0.410 e. The van der Waals surface area contributed by atoms with Crippen LogP contribution in [-0.2, 0) is 9.47 Å². The second-order valence-electron chi connectivity index (χ2n) is 9.60. The number of halogens is 1. The molecular formula is C30H28FNO4. The van der Waals surface area contributed by atoms with Gasteiger partial charge in [0.25, 0.3) is 0 Å². The van der Waals surface area contributed by atoms with Crippen LogP contribution in [0.2, 0.25) is 0 Å². The quantitative estimate of drug-likeness (QED) is 0.380. The Labute approximate surface area is 210 Å². The monoisotopic (exact) mass is 485 g/mol. The summed E-state index contributed by atoms with van der Waals surface area (Å²) in [5.74, 6) is 0.129. The number of benzene rings is 3. The molecule has 184 valence electrons. The van der Waals surface area contributed by atoms with Gasteiger partial charge >= 0.3 is 6.09 Å². The topological polar surface area (TPSA) is 48.0 Å². The Kier molecular flexibility index (Phi) is 5.97. The highest BCUT2D eigenvalue weighted by Crippen LogP contribution is 2.45. The Bertz CT molecular complexity index is 1290. The first-order valence-electron chi connectivity index (χ1n) is 12.4. The number of carbonyl (C=O) groups excluding carboxylic acids is 1. The standard InChI is InChI=1S/C30H28FNO4/c1-34-18-36-22-12-13-23(29(31)16-22)19-14-20-10-11-21(15-19)32(20)30(33)35-17-28-26-8-4-2-6-24(26)25-7-3-5-9-27(25)28/h2-9,12-14,16,20-21,28H,10-11,15,17-18H2,1H3. The number of rotatable bonds is 6. The fourth-order valence-corrected chi connectivity index (χ4v) is 5.96. The van der Waals surface area contributed by atoms with E-state index in [0.717, 1.165) is 18.4 Å². The van der Waals surface area contributed by atoms with Crippen molar-refractivity contribution < 1.29 is 23.4 Å². The van der Waals surface area contributed by atoms with E-state index in [1.807, 2.05) is 35.2 Å². The molecule has 2 atom stereocenters. The van der Waals surface area contributed by atoms with Crippen LogP contribution in [-0.4, -0.2) is 43.6 Å². The maximum Gasteiger partial charge on any atom is 0.410 e. The van der Waals surface area contributed by atoms with Crippen LogP contribution in [0.25, 0.3) is 16.7 Å². The van der Waals surface area contributed by atoms with Crippen LogP contribution in [0.15, 0.2) is 72.8 Å². The second-order valence-corrected chi connectivity index (χ2v) is 9.60. The molecule has 2 aliphatic heterocycles. The molecule has 5 nitrogen and oxygen atoms in total. The molecule has 2 heterocycles. The van der Waals surface area contributed by atoms with Crippen molar-refractivity contribution >= 4 is 11.7 Å². The van der Waals surface area contributed by atoms with Crippen LogP contribution in [0, 0.1) is 5.82 Å².